The number of methoxy groups -OCH3 is 2. The molecule has 0 bridgehead atoms. The first-order chi connectivity index (χ1) is 11.9. The first-order valence-corrected chi connectivity index (χ1v) is 7.83. The zero-order chi connectivity index (χ0) is 18.6. The maximum absolute atomic E-state index is 12.3. The quantitative estimate of drug-likeness (QED) is 0.622. The van der Waals surface area contributed by atoms with Crippen molar-refractivity contribution in [3.8, 4) is 17.2 Å². The zero-order valence-electron chi connectivity index (χ0n) is 15.2. The van der Waals surface area contributed by atoms with Gasteiger partial charge < -0.3 is 29.8 Å². The van der Waals surface area contributed by atoms with E-state index in [0.29, 0.717) is 28.9 Å². The number of carbonyl (C=O) groups is 1. The van der Waals surface area contributed by atoms with Crippen molar-refractivity contribution >= 4 is 29.2 Å². The molecule has 1 aromatic carbocycles. The molecule has 0 aliphatic carbocycles. The lowest BCUT2D eigenvalue weighted by Gasteiger charge is -2.12. The van der Waals surface area contributed by atoms with Crippen LogP contribution in [-0.2, 0) is 0 Å². The molecule has 1 heterocycles. The molecule has 0 saturated heterocycles. The summed E-state index contributed by atoms with van der Waals surface area (Å²) in [5.41, 5.74) is -0.629. The van der Waals surface area contributed by atoms with Crippen molar-refractivity contribution in [2.75, 3.05) is 41.4 Å². The Morgan fingerprint density at radius 1 is 1.23 bits per heavy atom. The number of benzene rings is 1. The summed E-state index contributed by atoms with van der Waals surface area (Å²) in [4.78, 5) is 29.1. The van der Waals surface area contributed by atoms with Crippen molar-refractivity contribution in [2.45, 2.75) is 6.42 Å². The van der Waals surface area contributed by atoms with Crippen molar-refractivity contribution in [2.24, 2.45) is 0 Å². The van der Waals surface area contributed by atoms with Crippen LogP contribution in [0.15, 0.2) is 16.9 Å². The summed E-state index contributed by atoms with van der Waals surface area (Å²) in [6.07, 6.45) is 0.732. The number of hydrogen-bond acceptors (Lipinski definition) is 6. The van der Waals surface area contributed by atoms with Crippen molar-refractivity contribution in [3.05, 3.63) is 28.0 Å². The number of pyridine rings is 1. The Kier molecular flexibility index (Phi) is 7.73. The number of fused-ring (bicyclic) bond motifs is 1. The zero-order valence-corrected chi connectivity index (χ0v) is 16.0. The number of H-pyrrole nitrogens is 1. The Balaban J connectivity index is 0.00000338. The molecule has 0 aliphatic rings. The minimum Gasteiger partial charge on any atom is -0.506 e. The van der Waals surface area contributed by atoms with Crippen LogP contribution in [0.5, 0.6) is 17.2 Å². The van der Waals surface area contributed by atoms with Gasteiger partial charge in [-0.15, -0.1) is 12.4 Å². The Hall–Kier alpha value is -2.45. The molecule has 0 saturated carbocycles. The van der Waals surface area contributed by atoms with Crippen LogP contribution in [0, 0.1) is 0 Å². The summed E-state index contributed by atoms with van der Waals surface area (Å²) >= 11 is 0. The van der Waals surface area contributed by atoms with Gasteiger partial charge in [-0.25, -0.2) is 0 Å². The van der Waals surface area contributed by atoms with Gasteiger partial charge in [0, 0.05) is 18.0 Å². The number of halogens is 1. The Labute approximate surface area is 157 Å². The third kappa shape index (κ3) is 4.59. The summed E-state index contributed by atoms with van der Waals surface area (Å²) in [5, 5.41) is 13.4. The van der Waals surface area contributed by atoms with Crippen molar-refractivity contribution in [3.63, 3.8) is 0 Å². The minimum absolute atomic E-state index is 0. The lowest BCUT2D eigenvalue weighted by atomic mass is 10.1. The van der Waals surface area contributed by atoms with Gasteiger partial charge in [0.2, 0.25) is 0 Å². The normalized spacial score (nSPS) is 10.5. The third-order valence-corrected chi connectivity index (χ3v) is 3.79. The van der Waals surface area contributed by atoms with Crippen LogP contribution in [0.25, 0.3) is 10.9 Å². The molecular formula is C17H24ClN3O5. The smallest absolute Gasteiger partial charge is 0.265 e. The number of rotatable bonds is 7. The first kappa shape index (κ1) is 21.6. The van der Waals surface area contributed by atoms with Crippen LogP contribution in [0.2, 0.25) is 0 Å². The molecule has 1 aromatic heterocycles. The molecule has 144 valence electrons. The average Bonchev–Trinajstić information content (AvgIpc) is 2.57. The number of nitrogens with one attached hydrogen (secondary N) is 2. The predicted octanol–water partition coefficient (Wildman–Crippen LogP) is 1.35. The number of nitrogens with zero attached hydrogens (tertiary/aromatic N) is 1. The molecule has 1 amide bonds. The molecule has 3 N–H and O–H groups in total. The highest BCUT2D eigenvalue weighted by molar-refractivity contribution is 6.02. The number of ether oxygens (including phenoxy) is 2. The molecule has 2 rings (SSSR count). The molecule has 2 aromatic rings. The highest BCUT2D eigenvalue weighted by atomic mass is 35.5. The second-order valence-electron chi connectivity index (χ2n) is 5.84. The van der Waals surface area contributed by atoms with E-state index in [2.05, 4.69) is 10.3 Å². The number of hydrogen-bond donors (Lipinski definition) is 3. The lowest BCUT2D eigenvalue weighted by Crippen LogP contribution is -2.31. The fraction of sp³-hybridized carbons (Fsp3) is 0.412. The third-order valence-electron chi connectivity index (χ3n) is 3.79. The van der Waals surface area contributed by atoms with Gasteiger partial charge >= 0.3 is 0 Å². The molecular weight excluding hydrogens is 362 g/mol. The summed E-state index contributed by atoms with van der Waals surface area (Å²) in [6, 6.07) is 3.05. The van der Waals surface area contributed by atoms with Crippen molar-refractivity contribution in [1.82, 2.24) is 15.2 Å². The van der Waals surface area contributed by atoms with E-state index in [4.69, 9.17) is 9.47 Å². The van der Waals surface area contributed by atoms with Gasteiger partial charge in [-0.1, -0.05) is 0 Å². The van der Waals surface area contributed by atoms with E-state index in [-0.39, 0.29) is 23.7 Å². The van der Waals surface area contributed by atoms with Crippen molar-refractivity contribution < 1.29 is 19.4 Å². The van der Waals surface area contributed by atoms with E-state index >= 15 is 0 Å². The fourth-order valence-electron chi connectivity index (χ4n) is 2.50. The average molecular weight is 386 g/mol. The highest BCUT2D eigenvalue weighted by Gasteiger charge is 2.20. The second kappa shape index (κ2) is 9.30. The van der Waals surface area contributed by atoms with E-state index in [1.54, 1.807) is 0 Å². The molecule has 0 fully saturated rings. The number of carbonyl (C=O) groups excluding carboxylic acids is 1. The summed E-state index contributed by atoms with van der Waals surface area (Å²) in [6.45, 7) is 1.21. The Bertz CT molecular complexity index is 835. The van der Waals surface area contributed by atoms with Crippen molar-refractivity contribution in [1.29, 1.82) is 0 Å². The standard InChI is InChI=1S/C17H23N3O5.ClH/c1-20(2)7-5-6-18-16(22)14-15(21)10-8-12(24-3)13(25-4)9-11(10)19-17(14)23;/h8-9H,5-7H2,1-4H3,(H,18,22)(H2,19,21,23);1H. The fourth-order valence-corrected chi connectivity index (χ4v) is 2.50. The Morgan fingerprint density at radius 3 is 2.42 bits per heavy atom. The van der Waals surface area contributed by atoms with Gasteiger partial charge in [-0.2, -0.15) is 0 Å². The monoisotopic (exact) mass is 385 g/mol. The topological polar surface area (TPSA) is 104 Å². The number of amides is 1. The van der Waals surface area contributed by atoms with Crippen LogP contribution in [0.4, 0.5) is 0 Å². The number of aromatic amines is 1. The molecule has 26 heavy (non-hydrogen) atoms. The van der Waals surface area contributed by atoms with Crippen LogP contribution >= 0.6 is 12.4 Å². The molecule has 9 heteroatoms. The van der Waals surface area contributed by atoms with Crippen LogP contribution in [-0.4, -0.2) is 62.3 Å². The van der Waals surface area contributed by atoms with E-state index in [9.17, 15) is 14.7 Å². The molecule has 8 nitrogen and oxygen atoms in total. The Morgan fingerprint density at radius 2 is 1.85 bits per heavy atom. The maximum Gasteiger partial charge on any atom is 0.265 e. The highest BCUT2D eigenvalue weighted by Crippen LogP contribution is 2.35. The van der Waals surface area contributed by atoms with Crippen LogP contribution < -0.4 is 20.3 Å². The van der Waals surface area contributed by atoms with E-state index in [1.807, 2.05) is 19.0 Å². The molecule has 0 spiro atoms. The van der Waals surface area contributed by atoms with E-state index in [1.165, 1.54) is 26.4 Å². The summed E-state index contributed by atoms with van der Waals surface area (Å²) < 4.78 is 10.4. The summed E-state index contributed by atoms with van der Waals surface area (Å²) in [7, 11) is 6.80. The first-order valence-electron chi connectivity index (χ1n) is 7.83. The minimum atomic E-state index is -0.665. The lowest BCUT2D eigenvalue weighted by molar-refractivity contribution is 0.0948. The van der Waals surface area contributed by atoms with Gasteiger partial charge in [0.05, 0.1) is 19.7 Å². The van der Waals surface area contributed by atoms with Crippen LogP contribution in [0.1, 0.15) is 16.8 Å². The summed E-state index contributed by atoms with van der Waals surface area (Å²) in [5.74, 6) is -0.209. The molecule has 0 radical (unpaired) electrons. The van der Waals surface area contributed by atoms with Crippen LogP contribution in [0.3, 0.4) is 0 Å². The van der Waals surface area contributed by atoms with Gasteiger partial charge in [-0.05, 0) is 33.1 Å². The maximum atomic E-state index is 12.3. The van der Waals surface area contributed by atoms with E-state index < -0.39 is 11.5 Å². The molecule has 0 unspecified atom stereocenters. The van der Waals surface area contributed by atoms with Gasteiger partial charge in [0.1, 0.15) is 11.3 Å². The molecule has 0 aliphatic heterocycles. The molecule has 0 atom stereocenters. The second-order valence-corrected chi connectivity index (χ2v) is 5.84. The van der Waals surface area contributed by atoms with E-state index in [0.717, 1.165) is 13.0 Å². The van der Waals surface area contributed by atoms with Gasteiger partial charge in [-0.3, -0.25) is 9.59 Å². The predicted molar refractivity (Wildman–Crippen MR) is 102 cm³/mol. The largest absolute Gasteiger partial charge is 0.506 e. The van der Waals surface area contributed by atoms with Gasteiger partial charge in [0.25, 0.3) is 11.5 Å². The number of aromatic hydroxyl groups is 1. The SMILES string of the molecule is COc1cc2[nH]c(=O)c(C(=O)NCCCN(C)C)c(O)c2cc1OC.Cl. The van der Waals surface area contributed by atoms with Gasteiger partial charge in [0.15, 0.2) is 11.5 Å². The number of aromatic nitrogens is 1.